The maximum absolute atomic E-state index is 12.2. The van der Waals surface area contributed by atoms with Gasteiger partial charge in [0.2, 0.25) is 0 Å². The predicted molar refractivity (Wildman–Crippen MR) is 121 cm³/mol. The van der Waals surface area contributed by atoms with Crippen LogP contribution in [0.2, 0.25) is 0 Å². The van der Waals surface area contributed by atoms with Crippen molar-refractivity contribution in [3.8, 4) is 22.6 Å². The van der Waals surface area contributed by atoms with E-state index in [4.69, 9.17) is 9.47 Å². The van der Waals surface area contributed by atoms with Crippen molar-refractivity contribution in [1.82, 2.24) is 5.32 Å². The summed E-state index contributed by atoms with van der Waals surface area (Å²) in [5, 5.41) is 12.4. The van der Waals surface area contributed by atoms with Crippen LogP contribution in [0.25, 0.3) is 17.2 Å². The van der Waals surface area contributed by atoms with Gasteiger partial charge < -0.3 is 19.9 Å². The minimum Gasteiger partial charge on any atom is -0.504 e. The quantitative estimate of drug-likeness (QED) is 0.511. The van der Waals surface area contributed by atoms with E-state index in [0.717, 1.165) is 5.56 Å². The summed E-state index contributed by atoms with van der Waals surface area (Å²) in [7, 11) is 1.51. The zero-order chi connectivity index (χ0) is 21.6. The summed E-state index contributed by atoms with van der Waals surface area (Å²) < 4.78 is 10.6. The van der Waals surface area contributed by atoms with Crippen molar-refractivity contribution in [2.45, 2.75) is 12.3 Å². The SMILES string of the molecule is COc1cc(C=CCCNC(=O)OCC2c3ccccc3-c3ccccc32)ccc1O. The van der Waals surface area contributed by atoms with Crippen LogP contribution in [0, 0.1) is 0 Å². The van der Waals surface area contributed by atoms with E-state index in [1.807, 2.05) is 36.4 Å². The fraction of sp³-hybridized carbons (Fsp3) is 0.192. The van der Waals surface area contributed by atoms with Crippen LogP contribution in [0.5, 0.6) is 11.5 Å². The monoisotopic (exact) mass is 415 g/mol. The Labute approximate surface area is 182 Å². The highest BCUT2D eigenvalue weighted by atomic mass is 16.5. The molecule has 1 aliphatic carbocycles. The number of phenols is 1. The van der Waals surface area contributed by atoms with Gasteiger partial charge in [-0.15, -0.1) is 0 Å². The fourth-order valence-electron chi connectivity index (χ4n) is 3.92. The van der Waals surface area contributed by atoms with Crippen LogP contribution in [-0.2, 0) is 4.74 Å². The third kappa shape index (κ3) is 4.56. The van der Waals surface area contributed by atoms with Gasteiger partial charge in [-0.05, 0) is 46.4 Å². The van der Waals surface area contributed by atoms with Crippen molar-refractivity contribution in [2.24, 2.45) is 0 Å². The molecule has 0 bridgehead atoms. The molecule has 2 N–H and O–H groups in total. The molecule has 0 atom stereocenters. The number of rotatable bonds is 7. The first-order chi connectivity index (χ1) is 15.2. The van der Waals surface area contributed by atoms with Gasteiger partial charge in [-0.25, -0.2) is 4.79 Å². The normalized spacial score (nSPS) is 12.4. The lowest BCUT2D eigenvalue weighted by molar-refractivity contribution is 0.143. The second-order valence-electron chi connectivity index (χ2n) is 7.37. The Morgan fingerprint density at radius 2 is 1.71 bits per heavy atom. The van der Waals surface area contributed by atoms with Gasteiger partial charge in [-0.1, -0.05) is 66.7 Å². The number of phenolic OH excluding ortho intramolecular Hbond substituents is 1. The second-order valence-corrected chi connectivity index (χ2v) is 7.37. The van der Waals surface area contributed by atoms with E-state index < -0.39 is 6.09 Å². The van der Waals surface area contributed by atoms with Gasteiger partial charge in [0, 0.05) is 12.5 Å². The Balaban J connectivity index is 1.27. The topological polar surface area (TPSA) is 67.8 Å². The molecule has 31 heavy (non-hydrogen) atoms. The first-order valence-corrected chi connectivity index (χ1v) is 10.3. The number of nitrogens with one attached hydrogen (secondary N) is 1. The van der Waals surface area contributed by atoms with E-state index in [0.29, 0.717) is 25.3 Å². The van der Waals surface area contributed by atoms with Gasteiger partial charge in [0.15, 0.2) is 11.5 Å². The molecule has 0 unspecified atom stereocenters. The summed E-state index contributed by atoms with van der Waals surface area (Å²) in [6.45, 7) is 0.783. The number of aromatic hydroxyl groups is 1. The number of methoxy groups -OCH3 is 1. The predicted octanol–water partition coefficient (Wildman–Crippen LogP) is 5.34. The Bertz CT molecular complexity index is 1060. The highest BCUT2D eigenvalue weighted by Crippen LogP contribution is 2.44. The zero-order valence-corrected chi connectivity index (χ0v) is 17.4. The first-order valence-electron chi connectivity index (χ1n) is 10.3. The molecule has 4 rings (SSSR count). The maximum Gasteiger partial charge on any atom is 0.407 e. The third-order valence-corrected chi connectivity index (χ3v) is 5.44. The van der Waals surface area contributed by atoms with Gasteiger partial charge in [0.25, 0.3) is 0 Å². The molecule has 158 valence electrons. The lowest BCUT2D eigenvalue weighted by atomic mass is 9.98. The van der Waals surface area contributed by atoms with Crippen molar-refractivity contribution in [1.29, 1.82) is 0 Å². The summed E-state index contributed by atoms with van der Waals surface area (Å²) in [4.78, 5) is 12.2. The number of ether oxygens (including phenoxy) is 2. The number of carbonyl (C=O) groups is 1. The molecular weight excluding hydrogens is 390 g/mol. The highest BCUT2D eigenvalue weighted by molar-refractivity contribution is 5.79. The van der Waals surface area contributed by atoms with E-state index in [9.17, 15) is 9.90 Å². The molecule has 3 aromatic rings. The molecule has 0 spiro atoms. The fourth-order valence-corrected chi connectivity index (χ4v) is 3.92. The van der Waals surface area contributed by atoms with Crippen molar-refractivity contribution < 1.29 is 19.4 Å². The number of carbonyl (C=O) groups excluding carboxylic acids is 1. The largest absolute Gasteiger partial charge is 0.504 e. The van der Waals surface area contributed by atoms with Crippen LogP contribution < -0.4 is 10.1 Å². The molecule has 3 aromatic carbocycles. The van der Waals surface area contributed by atoms with Crippen molar-refractivity contribution in [3.63, 3.8) is 0 Å². The molecule has 0 fully saturated rings. The molecule has 1 amide bonds. The Morgan fingerprint density at radius 3 is 2.39 bits per heavy atom. The number of amides is 1. The van der Waals surface area contributed by atoms with Crippen LogP contribution in [0.1, 0.15) is 29.0 Å². The molecule has 0 aliphatic heterocycles. The molecule has 5 heteroatoms. The van der Waals surface area contributed by atoms with Gasteiger partial charge in [-0.2, -0.15) is 0 Å². The maximum atomic E-state index is 12.2. The van der Waals surface area contributed by atoms with E-state index in [-0.39, 0.29) is 11.7 Å². The second kappa shape index (κ2) is 9.39. The Kier molecular flexibility index (Phi) is 6.22. The van der Waals surface area contributed by atoms with E-state index in [1.54, 1.807) is 18.2 Å². The molecule has 5 nitrogen and oxygen atoms in total. The molecule has 1 aliphatic rings. The first kappa shape index (κ1) is 20.5. The average Bonchev–Trinajstić information content (AvgIpc) is 3.12. The lowest BCUT2D eigenvalue weighted by Crippen LogP contribution is -2.26. The van der Waals surface area contributed by atoms with Crippen molar-refractivity contribution in [2.75, 3.05) is 20.3 Å². The van der Waals surface area contributed by atoms with Crippen LogP contribution in [0.4, 0.5) is 4.79 Å². The lowest BCUT2D eigenvalue weighted by Gasteiger charge is -2.14. The van der Waals surface area contributed by atoms with Gasteiger partial charge >= 0.3 is 6.09 Å². The van der Waals surface area contributed by atoms with Gasteiger partial charge in [0.1, 0.15) is 6.61 Å². The minimum absolute atomic E-state index is 0.0579. The average molecular weight is 415 g/mol. The molecule has 0 aromatic heterocycles. The van der Waals surface area contributed by atoms with Gasteiger partial charge in [-0.3, -0.25) is 0 Å². The molecule has 0 saturated heterocycles. The smallest absolute Gasteiger partial charge is 0.407 e. The van der Waals surface area contributed by atoms with E-state index >= 15 is 0 Å². The molecular formula is C26H25NO4. The summed E-state index contributed by atoms with van der Waals surface area (Å²) >= 11 is 0. The highest BCUT2D eigenvalue weighted by Gasteiger charge is 2.28. The standard InChI is InChI=1S/C26H25NO4/c1-30-25-16-18(13-14-24(25)28)8-6-7-15-27-26(29)31-17-23-21-11-4-2-9-19(21)20-10-3-5-12-22(20)23/h2-6,8-14,16,23,28H,7,15,17H2,1H3,(H,27,29). The van der Waals surface area contributed by atoms with Crippen LogP contribution in [0.3, 0.4) is 0 Å². The molecule has 0 heterocycles. The summed E-state index contributed by atoms with van der Waals surface area (Å²) in [6.07, 6.45) is 4.12. The molecule has 0 radical (unpaired) electrons. The number of hydrogen-bond donors (Lipinski definition) is 2. The van der Waals surface area contributed by atoms with Crippen molar-refractivity contribution in [3.05, 3.63) is 89.5 Å². The Morgan fingerprint density at radius 1 is 1.03 bits per heavy atom. The summed E-state index contributed by atoms with van der Waals surface area (Å²) in [5.41, 5.74) is 5.73. The van der Waals surface area contributed by atoms with Crippen molar-refractivity contribution >= 4 is 12.2 Å². The van der Waals surface area contributed by atoms with Crippen LogP contribution >= 0.6 is 0 Å². The van der Waals surface area contributed by atoms with E-state index in [1.165, 1.54) is 29.4 Å². The number of fused-ring (bicyclic) bond motifs is 3. The number of hydrogen-bond acceptors (Lipinski definition) is 4. The number of alkyl carbamates (subject to hydrolysis) is 1. The van der Waals surface area contributed by atoms with E-state index in [2.05, 4.69) is 29.6 Å². The minimum atomic E-state index is -0.415. The van der Waals surface area contributed by atoms with Gasteiger partial charge in [0.05, 0.1) is 7.11 Å². The van der Waals surface area contributed by atoms with Crippen LogP contribution in [-0.4, -0.2) is 31.5 Å². The Hall–Kier alpha value is -3.73. The summed E-state index contributed by atoms with van der Waals surface area (Å²) in [6, 6.07) is 21.7. The van der Waals surface area contributed by atoms with Crippen LogP contribution in [0.15, 0.2) is 72.8 Å². The summed E-state index contributed by atoms with van der Waals surface area (Å²) in [5.74, 6) is 0.595. The number of benzene rings is 3. The zero-order valence-electron chi connectivity index (χ0n) is 17.4. The molecule has 0 saturated carbocycles. The third-order valence-electron chi connectivity index (χ3n) is 5.44.